The van der Waals surface area contributed by atoms with E-state index in [0.29, 0.717) is 12.1 Å². The maximum atomic E-state index is 9.54. The summed E-state index contributed by atoms with van der Waals surface area (Å²) in [6.45, 7) is 5.60. The minimum absolute atomic E-state index is 0.550. The average molecular weight is 164 g/mol. The zero-order chi connectivity index (χ0) is 8.97. The van der Waals surface area contributed by atoms with Gasteiger partial charge in [0.25, 0.3) is 0 Å². The fraction of sp³-hybridized carbons (Fsp3) is 0.333. The van der Waals surface area contributed by atoms with Crippen LogP contribution in [-0.2, 0) is 0 Å². The Morgan fingerprint density at radius 2 is 2.50 bits per heavy atom. The van der Waals surface area contributed by atoms with Gasteiger partial charge in [-0.1, -0.05) is 5.57 Å². The van der Waals surface area contributed by atoms with Crippen molar-refractivity contribution in [2.75, 3.05) is 0 Å². The van der Waals surface area contributed by atoms with Crippen LogP contribution in [0.5, 0.6) is 0 Å². The molecule has 0 aliphatic rings. The highest BCUT2D eigenvalue weighted by atomic mass is 16.3. The van der Waals surface area contributed by atoms with Crippen LogP contribution in [0.1, 0.15) is 25.1 Å². The van der Waals surface area contributed by atoms with E-state index < -0.39 is 6.10 Å². The Bertz CT molecular complexity index is 258. The number of hydrogen-bond donors (Lipinski definition) is 1. The third-order valence-electron chi connectivity index (χ3n) is 1.49. The molecule has 1 aromatic heterocycles. The summed E-state index contributed by atoms with van der Waals surface area (Å²) in [5, 5.41) is 9.54. The summed E-state index contributed by atoms with van der Waals surface area (Å²) in [6.07, 6.45) is 3.04. The molecule has 1 N–H and O–H groups in total. The minimum atomic E-state index is -0.550. The van der Waals surface area contributed by atoms with E-state index in [2.05, 4.69) is 16.5 Å². The predicted molar refractivity (Wildman–Crippen MR) is 46.4 cm³/mol. The summed E-state index contributed by atoms with van der Waals surface area (Å²) in [5.74, 6) is 0. The van der Waals surface area contributed by atoms with E-state index in [-0.39, 0.29) is 0 Å². The average Bonchev–Trinajstić information content (AvgIpc) is 2.05. The highest BCUT2D eigenvalue weighted by Gasteiger charge is 2.07. The molecule has 64 valence electrons. The Morgan fingerprint density at radius 3 is 3.00 bits per heavy atom. The number of aliphatic hydroxyl groups excluding tert-OH is 1. The molecule has 0 aliphatic carbocycles. The van der Waals surface area contributed by atoms with Crippen LogP contribution < -0.4 is 0 Å². The van der Waals surface area contributed by atoms with Crippen LogP contribution in [0.25, 0.3) is 0 Å². The van der Waals surface area contributed by atoms with Gasteiger partial charge in [-0.25, -0.2) is 9.97 Å². The van der Waals surface area contributed by atoms with E-state index in [9.17, 15) is 5.11 Å². The lowest BCUT2D eigenvalue weighted by atomic mass is 10.1. The molecule has 1 rings (SSSR count). The van der Waals surface area contributed by atoms with E-state index >= 15 is 0 Å². The fourth-order valence-electron chi connectivity index (χ4n) is 0.933. The molecule has 3 heteroatoms. The quantitative estimate of drug-likeness (QED) is 0.688. The van der Waals surface area contributed by atoms with Gasteiger partial charge in [-0.05, 0) is 19.4 Å². The second-order valence-electron chi connectivity index (χ2n) is 2.81. The summed E-state index contributed by atoms with van der Waals surface area (Å²) in [6, 6.07) is 1.70. The van der Waals surface area contributed by atoms with E-state index in [1.807, 2.05) is 6.92 Å². The highest BCUT2D eigenvalue weighted by molar-refractivity contribution is 5.05. The molecule has 0 aromatic carbocycles. The minimum Gasteiger partial charge on any atom is -0.386 e. The first-order valence-electron chi connectivity index (χ1n) is 3.78. The Morgan fingerprint density at radius 1 is 1.75 bits per heavy atom. The molecule has 1 heterocycles. The van der Waals surface area contributed by atoms with E-state index in [1.165, 1.54) is 6.33 Å². The Hall–Kier alpha value is -1.22. The summed E-state index contributed by atoms with van der Waals surface area (Å²) in [7, 11) is 0. The van der Waals surface area contributed by atoms with Crippen molar-refractivity contribution in [3.63, 3.8) is 0 Å². The van der Waals surface area contributed by atoms with Gasteiger partial charge >= 0.3 is 0 Å². The summed E-state index contributed by atoms with van der Waals surface area (Å²) in [4.78, 5) is 7.69. The molecule has 3 nitrogen and oxygen atoms in total. The summed E-state index contributed by atoms with van der Waals surface area (Å²) in [5.41, 5.74) is 1.59. The fourth-order valence-corrected chi connectivity index (χ4v) is 0.933. The number of rotatable bonds is 3. The van der Waals surface area contributed by atoms with Crippen molar-refractivity contribution in [3.8, 4) is 0 Å². The van der Waals surface area contributed by atoms with Crippen molar-refractivity contribution in [1.29, 1.82) is 0 Å². The first-order valence-corrected chi connectivity index (χ1v) is 3.78. The van der Waals surface area contributed by atoms with Crippen molar-refractivity contribution >= 4 is 0 Å². The highest BCUT2D eigenvalue weighted by Crippen LogP contribution is 2.16. The predicted octanol–water partition coefficient (Wildman–Crippen LogP) is 1.48. The molecule has 1 aromatic rings. The standard InChI is InChI=1S/C9H12N2O/c1-7(2)5-9(12)8-3-4-10-6-11-8/h3-4,6,9,12H,1,5H2,2H3. The van der Waals surface area contributed by atoms with Crippen molar-refractivity contribution in [1.82, 2.24) is 9.97 Å². The second kappa shape index (κ2) is 3.97. The molecular formula is C9H12N2O. The van der Waals surface area contributed by atoms with Gasteiger partial charge in [0.05, 0.1) is 11.8 Å². The van der Waals surface area contributed by atoms with Crippen molar-refractivity contribution in [3.05, 3.63) is 36.4 Å². The molecule has 0 bridgehead atoms. The molecule has 0 saturated heterocycles. The van der Waals surface area contributed by atoms with Crippen LogP contribution in [0.2, 0.25) is 0 Å². The first kappa shape index (κ1) is 8.87. The van der Waals surface area contributed by atoms with Gasteiger partial charge in [0, 0.05) is 6.20 Å². The SMILES string of the molecule is C=C(C)CC(O)c1ccncn1. The van der Waals surface area contributed by atoms with E-state index in [1.54, 1.807) is 12.3 Å². The van der Waals surface area contributed by atoms with Crippen LogP contribution in [0.4, 0.5) is 0 Å². The van der Waals surface area contributed by atoms with Gasteiger partial charge in [0.1, 0.15) is 6.33 Å². The van der Waals surface area contributed by atoms with Crippen molar-refractivity contribution in [2.45, 2.75) is 19.4 Å². The lowest BCUT2D eigenvalue weighted by Crippen LogP contribution is -2.00. The number of aromatic nitrogens is 2. The van der Waals surface area contributed by atoms with Gasteiger partial charge < -0.3 is 5.11 Å². The van der Waals surface area contributed by atoms with Crippen LogP contribution in [0, 0.1) is 0 Å². The summed E-state index contributed by atoms with van der Waals surface area (Å²) >= 11 is 0. The van der Waals surface area contributed by atoms with Gasteiger partial charge in [-0.2, -0.15) is 0 Å². The van der Waals surface area contributed by atoms with Gasteiger partial charge in [0.15, 0.2) is 0 Å². The summed E-state index contributed by atoms with van der Waals surface area (Å²) < 4.78 is 0. The van der Waals surface area contributed by atoms with Crippen molar-refractivity contribution in [2.24, 2.45) is 0 Å². The molecular weight excluding hydrogens is 152 g/mol. The molecule has 1 atom stereocenters. The van der Waals surface area contributed by atoms with Gasteiger partial charge in [-0.15, -0.1) is 6.58 Å². The molecule has 0 aliphatic heterocycles. The lowest BCUT2D eigenvalue weighted by molar-refractivity contribution is 0.173. The Kier molecular flexibility index (Phi) is 2.94. The molecule has 0 radical (unpaired) electrons. The largest absolute Gasteiger partial charge is 0.386 e. The molecule has 0 saturated carbocycles. The maximum Gasteiger partial charge on any atom is 0.115 e. The Balaban J connectivity index is 2.65. The lowest BCUT2D eigenvalue weighted by Gasteiger charge is -2.08. The second-order valence-corrected chi connectivity index (χ2v) is 2.81. The molecule has 0 amide bonds. The van der Waals surface area contributed by atoms with E-state index in [0.717, 1.165) is 5.57 Å². The van der Waals surface area contributed by atoms with Crippen LogP contribution in [0.15, 0.2) is 30.7 Å². The number of aliphatic hydroxyl groups is 1. The van der Waals surface area contributed by atoms with Gasteiger partial charge in [-0.3, -0.25) is 0 Å². The van der Waals surface area contributed by atoms with Crippen LogP contribution >= 0.6 is 0 Å². The normalized spacial score (nSPS) is 12.5. The Labute approximate surface area is 71.8 Å². The first-order chi connectivity index (χ1) is 5.70. The molecule has 0 spiro atoms. The van der Waals surface area contributed by atoms with E-state index in [4.69, 9.17) is 0 Å². The zero-order valence-electron chi connectivity index (χ0n) is 7.07. The maximum absolute atomic E-state index is 9.54. The van der Waals surface area contributed by atoms with Gasteiger partial charge in [0.2, 0.25) is 0 Å². The zero-order valence-corrected chi connectivity index (χ0v) is 7.07. The molecule has 12 heavy (non-hydrogen) atoms. The number of hydrogen-bond acceptors (Lipinski definition) is 3. The smallest absolute Gasteiger partial charge is 0.115 e. The molecule has 0 fully saturated rings. The topological polar surface area (TPSA) is 46.0 Å². The van der Waals surface area contributed by atoms with Crippen molar-refractivity contribution < 1.29 is 5.11 Å². The van der Waals surface area contributed by atoms with Crippen LogP contribution in [0.3, 0.4) is 0 Å². The molecule has 1 unspecified atom stereocenters. The van der Waals surface area contributed by atoms with Crippen LogP contribution in [-0.4, -0.2) is 15.1 Å². The number of nitrogens with zero attached hydrogens (tertiary/aromatic N) is 2. The third kappa shape index (κ3) is 2.43. The monoisotopic (exact) mass is 164 g/mol. The third-order valence-corrected chi connectivity index (χ3v) is 1.49.